The molecule has 0 radical (unpaired) electrons. The molecule has 138 valence electrons. The van der Waals surface area contributed by atoms with E-state index < -0.39 is 11.9 Å². The molecule has 0 fully saturated rings. The van der Waals surface area contributed by atoms with Crippen molar-refractivity contribution in [2.75, 3.05) is 7.11 Å². The molecular weight excluding hydrogens is 346 g/mol. The van der Waals surface area contributed by atoms with Crippen molar-refractivity contribution in [2.45, 2.75) is 20.5 Å². The molecular formula is C21H19NO5. The first-order chi connectivity index (χ1) is 13.0. The van der Waals surface area contributed by atoms with Crippen LogP contribution in [0.1, 0.15) is 37.7 Å². The summed E-state index contributed by atoms with van der Waals surface area (Å²) in [6, 6.07) is 11.1. The van der Waals surface area contributed by atoms with Crippen LogP contribution in [0.25, 0.3) is 11.1 Å². The summed E-state index contributed by atoms with van der Waals surface area (Å²) in [5.74, 6) is -0.857. The Bertz CT molecular complexity index is 972. The largest absolute Gasteiger partial charge is 0.465 e. The van der Waals surface area contributed by atoms with Crippen LogP contribution in [0, 0.1) is 13.8 Å². The summed E-state index contributed by atoms with van der Waals surface area (Å²) < 4.78 is 15.3. The van der Waals surface area contributed by atoms with E-state index in [1.54, 1.807) is 19.2 Å². The minimum absolute atomic E-state index is 0.183. The van der Waals surface area contributed by atoms with E-state index in [1.165, 1.54) is 19.4 Å². The molecule has 0 amide bonds. The fraction of sp³-hybridized carbons (Fsp3) is 0.190. The Balaban J connectivity index is 1.86. The quantitative estimate of drug-likeness (QED) is 0.633. The predicted octanol–water partition coefficient (Wildman–Crippen LogP) is 4.10. The molecule has 0 saturated heterocycles. The van der Waals surface area contributed by atoms with Gasteiger partial charge in [-0.1, -0.05) is 29.8 Å². The second-order valence-corrected chi connectivity index (χ2v) is 6.01. The third-order valence-electron chi connectivity index (χ3n) is 4.19. The molecule has 0 saturated carbocycles. The highest BCUT2D eigenvalue weighted by atomic mass is 16.5. The summed E-state index contributed by atoms with van der Waals surface area (Å²) in [5.41, 5.74) is 3.93. The maximum absolute atomic E-state index is 12.8. The van der Waals surface area contributed by atoms with Gasteiger partial charge in [0, 0.05) is 6.20 Å². The monoisotopic (exact) mass is 365 g/mol. The first-order valence-corrected chi connectivity index (χ1v) is 8.35. The number of aromatic nitrogens is 1. The fourth-order valence-corrected chi connectivity index (χ4v) is 2.75. The molecule has 2 aromatic heterocycles. The molecule has 0 spiro atoms. The maximum atomic E-state index is 12.8. The third kappa shape index (κ3) is 3.89. The van der Waals surface area contributed by atoms with Crippen molar-refractivity contribution in [3.05, 3.63) is 77.0 Å². The van der Waals surface area contributed by atoms with Crippen molar-refractivity contribution in [3.8, 4) is 11.1 Å². The van der Waals surface area contributed by atoms with Crippen molar-refractivity contribution in [3.63, 3.8) is 0 Å². The van der Waals surface area contributed by atoms with Gasteiger partial charge in [0.15, 0.2) is 12.4 Å². The number of esters is 2. The van der Waals surface area contributed by atoms with Gasteiger partial charge in [0.25, 0.3) is 0 Å². The number of carbonyl (C=O) groups is 2. The Hall–Kier alpha value is -3.41. The lowest BCUT2D eigenvalue weighted by Gasteiger charge is -2.12. The van der Waals surface area contributed by atoms with Crippen molar-refractivity contribution in [1.29, 1.82) is 0 Å². The van der Waals surface area contributed by atoms with Crippen LogP contribution in [0.2, 0.25) is 0 Å². The first kappa shape index (κ1) is 18.4. The minimum Gasteiger partial charge on any atom is -0.465 e. The minimum atomic E-state index is -0.548. The van der Waals surface area contributed by atoms with Crippen molar-refractivity contribution >= 4 is 11.9 Å². The molecule has 0 N–H and O–H groups in total. The standard InChI is InChI=1S/C21H19NO5/c1-13-4-6-15(7-5-13)16-8-10-22-14(2)19(16)21(24)27-12-18-17(9-11-26-18)20(23)25-3/h4-11H,12H2,1-3H3. The van der Waals surface area contributed by atoms with Crippen molar-refractivity contribution in [1.82, 2.24) is 4.98 Å². The normalized spacial score (nSPS) is 10.5. The highest BCUT2D eigenvalue weighted by Gasteiger charge is 2.21. The topological polar surface area (TPSA) is 78.6 Å². The maximum Gasteiger partial charge on any atom is 0.341 e. The molecule has 1 aromatic carbocycles. The summed E-state index contributed by atoms with van der Waals surface area (Å²) in [5, 5.41) is 0. The number of pyridine rings is 1. The number of hydrogen-bond donors (Lipinski definition) is 0. The first-order valence-electron chi connectivity index (χ1n) is 8.35. The van der Waals surface area contributed by atoms with Gasteiger partial charge >= 0.3 is 11.9 Å². The predicted molar refractivity (Wildman–Crippen MR) is 98.3 cm³/mol. The van der Waals surface area contributed by atoms with E-state index in [4.69, 9.17) is 9.15 Å². The van der Waals surface area contributed by atoms with E-state index in [0.29, 0.717) is 11.3 Å². The number of carbonyl (C=O) groups excluding carboxylic acids is 2. The zero-order chi connectivity index (χ0) is 19.4. The molecule has 3 rings (SSSR count). The molecule has 6 heteroatoms. The average Bonchev–Trinajstić information content (AvgIpc) is 3.14. The summed E-state index contributed by atoms with van der Waals surface area (Å²) >= 11 is 0. The smallest absolute Gasteiger partial charge is 0.341 e. The molecule has 0 aliphatic rings. The van der Waals surface area contributed by atoms with E-state index in [0.717, 1.165) is 16.7 Å². The average molecular weight is 365 g/mol. The number of furan rings is 1. The van der Waals surface area contributed by atoms with Gasteiger partial charge in [-0.05, 0) is 37.1 Å². The lowest BCUT2D eigenvalue weighted by Crippen LogP contribution is -2.11. The summed E-state index contributed by atoms with van der Waals surface area (Å²) in [6.07, 6.45) is 3.01. The van der Waals surface area contributed by atoms with Crippen LogP contribution in [0.5, 0.6) is 0 Å². The van der Waals surface area contributed by atoms with Gasteiger partial charge in [0.1, 0.15) is 5.56 Å². The molecule has 0 atom stereocenters. The lowest BCUT2D eigenvalue weighted by atomic mass is 9.98. The number of benzene rings is 1. The third-order valence-corrected chi connectivity index (χ3v) is 4.19. The lowest BCUT2D eigenvalue weighted by molar-refractivity contribution is 0.0431. The van der Waals surface area contributed by atoms with Crippen LogP contribution >= 0.6 is 0 Å². The van der Waals surface area contributed by atoms with Gasteiger partial charge in [-0.3, -0.25) is 4.98 Å². The Morgan fingerprint density at radius 1 is 1.04 bits per heavy atom. The SMILES string of the molecule is COC(=O)c1ccoc1COC(=O)c1c(-c2ccc(C)cc2)ccnc1C. The fourth-order valence-electron chi connectivity index (χ4n) is 2.75. The van der Waals surface area contributed by atoms with E-state index in [-0.39, 0.29) is 17.9 Å². The second kappa shape index (κ2) is 7.86. The Kier molecular flexibility index (Phi) is 5.35. The number of methoxy groups -OCH3 is 1. The second-order valence-electron chi connectivity index (χ2n) is 6.01. The zero-order valence-corrected chi connectivity index (χ0v) is 15.3. The van der Waals surface area contributed by atoms with E-state index in [9.17, 15) is 9.59 Å². The van der Waals surface area contributed by atoms with Gasteiger partial charge in [-0.25, -0.2) is 9.59 Å². The van der Waals surface area contributed by atoms with Crippen LogP contribution in [0.15, 0.2) is 53.3 Å². The van der Waals surface area contributed by atoms with Crippen LogP contribution < -0.4 is 0 Å². The molecule has 6 nitrogen and oxygen atoms in total. The van der Waals surface area contributed by atoms with Gasteiger partial charge in [-0.15, -0.1) is 0 Å². The molecule has 0 aliphatic heterocycles. The number of rotatable bonds is 5. The van der Waals surface area contributed by atoms with Gasteiger partial charge in [0.05, 0.1) is 24.6 Å². The van der Waals surface area contributed by atoms with Crippen LogP contribution in [-0.4, -0.2) is 24.0 Å². The highest BCUT2D eigenvalue weighted by Crippen LogP contribution is 2.26. The summed E-state index contributed by atoms with van der Waals surface area (Å²) in [4.78, 5) is 28.7. The van der Waals surface area contributed by atoms with E-state index in [1.807, 2.05) is 31.2 Å². The van der Waals surface area contributed by atoms with Gasteiger partial charge < -0.3 is 13.9 Å². The van der Waals surface area contributed by atoms with Crippen LogP contribution in [0.3, 0.4) is 0 Å². The van der Waals surface area contributed by atoms with Crippen LogP contribution in [-0.2, 0) is 16.1 Å². The molecule has 27 heavy (non-hydrogen) atoms. The highest BCUT2D eigenvalue weighted by molar-refractivity contribution is 5.98. The van der Waals surface area contributed by atoms with E-state index in [2.05, 4.69) is 9.72 Å². The Morgan fingerprint density at radius 2 is 1.78 bits per heavy atom. The van der Waals surface area contributed by atoms with Gasteiger partial charge in [0.2, 0.25) is 0 Å². The van der Waals surface area contributed by atoms with Crippen molar-refractivity contribution < 1.29 is 23.5 Å². The molecule has 3 aromatic rings. The molecule has 0 unspecified atom stereocenters. The van der Waals surface area contributed by atoms with E-state index >= 15 is 0 Å². The van der Waals surface area contributed by atoms with Crippen LogP contribution in [0.4, 0.5) is 0 Å². The molecule has 0 aliphatic carbocycles. The summed E-state index contributed by atoms with van der Waals surface area (Å²) in [6.45, 7) is 3.57. The number of nitrogens with zero attached hydrogens (tertiary/aromatic N) is 1. The number of ether oxygens (including phenoxy) is 2. The summed E-state index contributed by atoms with van der Waals surface area (Å²) in [7, 11) is 1.28. The number of hydrogen-bond acceptors (Lipinski definition) is 6. The number of aryl methyl sites for hydroxylation is 2. The molecule has 0 bridgehead atoms. The Morgan fingerprint density at radius 3 is 2.48 bits per heavy atom. The zero-order valence-electron chi connectivity index (χ0n) is 15.3. The molecule has 2 heterocycles. The van der Waals surface area contributed by atoms with Gasteiger partial charge in [-0.2, -0.15) is 0 Å². The van der Waals surface area contributed by atoms with Crippen molar-refractivity contribution in [2.24, 2.45) is 0 Å². The Labute approximate surface area is 156 Å².